The molecule has 0 saturated carbocycles. The van der Waals surface area contributed by atoms with E-state index in [4.69, 9.17) is 4.74 Å². The van der Waals surface area contributed by atoms with Crippen molar-refractivity contribution in [3.8, 4) is 0 Å². The van der Waals surface area contributed by atoms with E-state index in [0.29, 0.717) is 18.2 Å². The standard InChI is InChI=1S/C20H24FNO2/c21-19-10-4-2-7-16(19)13-24-14-17(23)12-22-20-11-5-8-15-6-1-3-9-18(15)20/h1-4,6-7,9-10,17,20,22-23H,5,8,11-14H2/p+1/t17-,20+/m1/s1. The van der Waals surface area contributed by atoms with Crippen LogP contribution in [0.3, 0.4) is 0 Å². The lowest BCUT2D eigenvalue weighted by Gasteiger charge is -2.24. The maximum atomic E-state index is 13.5. The lowest BCUT2D eigenvalue weighted by molar-refractivity contribution is -0.703. The van der Waals surface area contributed by atoms with E-state index in [-0.39, 0.29) is 19.0 Å². The number of aliphatic hydroxyl groups excluding tert-OH is 1. The molecule has 3 rings (SSSR count). The Hall–Kier alpha value is -1.75. The van der Waals surface area contributed by atoms with E-state index in [1.807, 2.05) is 0 Å². The minimum atomic E-state index is -0.550. The summed E-state index contributed by atoms with van der Waals surface area (Å²) in [6.07, 6.45) is 2.93. The largest absolute Gasteiger partial charge is 0.385 e. The first-order chi connectivity index (χ1) is 11.7. The number of fused-ring (bicyclic) bond motifs is 1. The molecule has 2 aromatic carbocycles. The van der Waals surface area contributed by atoms with Crippen LogP contribution < -0.4 is 5.32 Å². The molecule has 0 saturated heterocycles. The second-order valence-electron chi connectivity index (χ2n) is 6.43. The molecule has 2 atom stereocenters. The van der Waals surface area contributed by atoms with Crippen molar-refractivity contribution in [1.29, 1.82) is 0 Å². The van der Waals surface area contributed by atoms with Crippen LogP contribution in [0.1, 0.15) is 35.6 Å². The molecule has 0 heterocycles. The maximum Gasteiger partial charge on any atom is 0.128 e. The number of halogens is 1. The highest BCUT2D eigenvalue weighted by atomic mass is 19.1. The van der Waals surface area contributed by atoms with Gasteiger partial charge in [0, 0.05) is 17.5 Å². The summed E-state index contributed by atoms with van der Waals surface area (Å²) in [4.78, 5) is 0. The number of hydrogen-bond donors (Lipinski definition) is 2. The van der Waals surface area contributed by atoms with E-state index in [1.165, 1.54) is 23.6 Å². The second-order valence-corrected chi connectivity index (χ2v) is 6.43. The fraction of sp³-hybridized carbons (Fsp3) is 0.400. The third kappa shape index (κ3) is 4.41. The number of hydrogen-bond acceptors (Lipinski definition) is 2. The molecule has 0 radical (unpaired) electrons. The Kier molecular flexibility index (Phi) is 5.96. The van der Waals surface area contributed by atoms with E-state index in [0.717, 1.165) is 12.8 Å². The SMILES string of the molecule is O[C@H](C[NH2+][C@H]1CCCc2ccccc21)COCc1ccccc1F. The van der Waals surface area contributed by atoms with Crippen molar-refractivity contribution in [1.82, 2.24) is 0 Å². The van der Waals surface area contributed by atoms with Crippen molar-refractivity contribution in [3.05, 3.63) is 71.0 Å². The molecule has 0 spiro atoms. The molecule has 1 aliphatic rings. The molecule has 0 fully saturated rings. The molecule has 4 heteroatoms. The third-order valence-corrected chi connectivity index (χ3v) is 4.63. The van der Waals surface area contributed by atoms with Crippen LogP contribution in [0.2, 0.25) is 0 Å². The molecule has 0 aliphatic heterocycles. The predicted octanol–water partition coefficient (Wildman–Crippen LogP) is 2.34. The Morgan fingerprint density at radius 2 is 1.96 bits per heavy atom. The van der Waals surface area contributed by atoms with Gasteiger partial charge in [-0.05, 0) is 24.5 Å². The summed E-state index contributed by atoms with van der Waals surface area (Å²) < 4.78 is 19.0. The minimum absolute atomic E-state index is 0.190. The number of benzene rings is 2. The van der Waals surface area contributed by atoms with Crippen molar-refractivity contribution in [2.75, 3.05) is 13.2 Å². The summed E-state index contributed by atoms with van der Waals surface area (Å²) in [5.41, 5.74) is 3.34. The Morgan fingerprint density at radius 1 is 1.17 bits per heavy atom. The van der Waals surface area contributed by atoms with Gasteiger partial charge in [0.15, 0.2) is 0 Å². The zero-order valence-electron chi connectivity index (χ0n) is 13.8. The molecule has 0 amide bonds. The first-order valence-electron chi connectivity index (χ1n) is 8.64. The van der Waals surface area contributed by atoms with Crippen molar-refractivity contribution < 1.29 is 19.6 Å². The number of quaternary nitrogens is 1. The van der Waals surface area contributed by atoms with Gasteiger partial charge in [0.05, 0.1) is 13.2 Å². The Balaban J connectivity index is 1.43. The number of aryl methyl sites for hydroxylation is 1. The van der Waals surface area contributed by atoms with Gasteiger partial charge in [0.25, 0.3) is 0 Å². The summed E-state index contributed by atoms with van der Waals surface area (Å²) >= 11 is 0. The lowest BCUT2D eigenvalue weighted by Crippen LogP contribution is -2.87. The summed E-state index contributed by atoms with van der Waals surface area (Å²) in [6.45, 7) is 1.01. The first-order valence-corrected chi connectivity index (χ1v) is 8.64. The molecule has 128 valence electrons. The average Bonchev–Trinajstić information content (AvgIpc) is 2.61. The Labute approximate surface area is 142 Å². The van der Waals surface area contributed by atoms with Crippen LogP contribution >= 0.6 is 0 Å². The zero-order valence-corrected chi connectivity index (χ0v) is 13.8. The van der Waals surface area contributed by atoms with Crippen LogP contribution in [0, 0.1) is 5.82 Å². The van der Waals surface area contributed by atoms with E-state index in [9.17, 15) is 9.50 Å². The molecule has 0 aromatic heterocycles. The summed E-state index contributed by atoms with van der Waals surface area (Å²) in [5, 5.41) is 12.3. The normalized spacial score (nSPS) is 18.2. The van der Waals surface area contributed by atoms with E-state index >= 15 is 0 Å². The molecule has 0 bridgehead atoms. The van der Waals surface area contributed by atoms with Gasteiger partial charge in [-0.3, -0.25) is 0 Å². The van der Waals surface area contributed by atoms with Crippen LogP contribution in [0.5, 0.6) is 0 Å². The number of ether oxygens (including phenoxy) is 1. The Bertz CT molecular complexity index is 662. The molecule has 1 aliphatic carbocycles. The topological polar surface area (TPSA) is 46.1 Å². The summed E-state index contributed by atoms with van der Waals surface area (Å²) in [6, 6.07) is 15.5. The van der Waals surface area contributed by atoms with Crippen LogP contribution in [0.15, 0.2) is 48.5 Å². The maximum absolute atomic E-state index is 13.5. The smallest absolute Gasteiger partial charge is 0.128 e. The van der Waals surface area contributed by atoms with E-state index in [1.54, 1.807) is 18.2 Å². The molecule has 0 unspecified atom stereocenters. The van der Waals surface area contributed by atoms with Crippen LogP contribution in [-0.4, -0.2) is 24.4 Å². The third-order valence-electron chi connectivity index (χ3n) is 4.63. The zero-order chi connectivity index (χ0) is 16.8. The highest BCUT2D eigenvalue weighted by Gasteiger charge is 2.23. The van der Waals surface area contributed by atoms with Gasteiger partial charge in [-0.1, -0.05) is 42.5 Å². The van der Waals surface area contributed by atoms with Gasteiger partial charge >= 0.3 is 0 Å². The first kappa shape index (κ1) is 17.1. The van der Waals surface area contributed by atoms with Crippen molar-refractivity contribution in [2.24, 2.45) is 0 Å². The average molecular weight is 330 g/mol. The molecule has 24 heavy (non-hydrogen) atoms. The molecule has 3 N–H and O–H groups in total. The van der Waals surface area contributed by atoms with Crippen molar-refractivity contribution in [3.63, 3.8) is 0 Å². The van der Waals surface area contributed by atoms with Gasteiger partial charge < -0.3 is 15.2 Å². The molecular formula is C20H25FNO2+. The van der Waals surface area contributed by atoms with Gasteiger partial charge in [0.2, 0.25) is 0 Å². The lowest BCUT2D eigenvalue weighted by atomic mass is 9.88. The summed E-state index contributed by atoms with van der Waals surface area (Å²) in [7, 11) is 0. The minimum Gasteiger partial charge on any atom is -0.385 e. The van der Waals surface area contributed by atoms with Crippen LogP contribution in [0.4, 0.5) is 4.39 Å². The second kappa shape index (κ2) is 8.38. The van der Waals surface area contributed by atoms with Gasteiger partial charge in [0.1, 0.15) is 24.5 Å². The van der Waals surface area contributed by atoms with Gasteiger partial charge in [-0.15, -0.1) is 0 Å². The van der Waals surface area contributed by atoms with Crippen LogP contribution in [0.25, 0.3) is 0 Å². The van der Waals surface area contributed by atoms with Gasteiger partial charge in [-0.25, -0.2) is 4.39 Å². The fourth-order valence-corrected chi connectivity index (χ4v) is 3.35. The molecule has 3 nitrogen and oxygen atoms in total. The highest BCUT2D eigenvalue weighted by Crippen LogP contribution is 2.26. The fourth-order valence-electron chi connectivity index (χ4n) is 3.35. The van der Waals surface area contributed by atoms with E-state index in [2.05, 4.69) is 29.6 Å². The van der Waals surface area contributed by atoms with Gasteiger partial charge in [-0.2, -0.15) is 0 Å². The van der Waals surface area contributed by atoms with E-state index < -0.39 is 6.10 Å². The molecular weight excluding hydrogens is 305 g/mol. The molecule has 2 aromatic rings. The monoisotopic (exact) mass is 330 g/mol. The number of rotatable bonds is 7. The highest BCUT2D eigenvalue weighted by molar-refractivity contribution is 5.30. The van der Waals surface area contributed by atoms with Crippen LogP contribution in [-0.2, 0) is 17.8 Å². The predicted molar refractivity (Wildman–Crippen MR) is 91.0 cm³/mol. The number of aliphatic hydroxyl groups is 1. The quantitative estimate of drug-likeness (QED) is 0.818. The van der Waals surface area contributed by atoms with Crippen molar-refractivity contribution >= 4 is 0 Å². The summed E-state index contributed by atoms with van der Waals surface area (Å²) in [5.74, 6) is -0.266. The Morgan fingerprint density at radius 3 is 2.83 bits per heavy atom. The van der Waals surface area contributed by atoms with Crippen molar-refractivity contribution in [2.45, 2.75) is 38.0 Å². The number of nitrogens with two attached hydrogens (primary N) is 1.